The Kier molecular flexibility index (Phi) is 3.77. The first-order valence-corrected chi connectivity index (χ1v) is 5.58. The molecule has 2 rings (SSSR count). The maximum atomic E-state index is 7.79. The van der Waals surface area contributed by atoms with E-state index >= 15 is 0 Å². The fourth-order valence-corrected chi connectivity index (χ4v) is 1.78. The molecule has 4 nitrogen and oxygen atoms in total. The van der Waals surface area contributed by atoms with E-state index < -0.39 is 0 Å². The van der Waals surface area contributed by atoms with Crippen LogP contribution < -0.4 is 5.32 Å². The zero-order valence-electron chi connectivity index (χ0n) is 9.19. The summed E-state index contributed by atoms with van der Waals surface area (Å²) in [5.74, 6) is 0. The predicted molar refractivity (Wildman–Crippen MR) is 65.4 cm³/mol. The normalized spacial score (nSPS) is 20.4. The molecule has 1 aromatic rings. The molecule has 84 valence electrons. The topological polar surface area (TPSA) is 61.1 Å². The molecule has 0 amide bonds. The van der Waals surface area contributed by atoms with Gasteiger partial charge in [0.15, 0.2) is 0 Å². The molecule has 0 aliphatic carbocycles. The fourth-order valence-electron chi connectivity index (χ4n) is 1.78. The second-order valence-electron chi connectivity index (χ2n) is 3.94. The van der Waals surface area contributed by atoms with Gasteiger partial charge in [-0.1, -0.05) is 0 Å². The van der Waals surface area contributed by atoms with E-state index in [1.165, 1.54) is 12.8 Å². The Bertz CT molecular complexity index is 366. The van der Waals surface area contributed by atoms with E-state index in [0.717, 1.165) is 18.7 Å². The van der Waals surface area contributed by atoms with E-state index in [1.807, 2.05) is 12.1 Å². The van der Waals surface area contributed by atoms with Gasteiger partial charge in [-0.3, -0.25) is 15.4 Å². The lowest BCUT2D eigenvalue weighted by Crippen LogP contribution is -2.24. The Morgan fingerprint density at radius 3 is 3.31 bits per heavy atom. The zero-order chi connectivity index (χ0) is 11.2. The number of aromatic nitrogens is 1. The van der Waals surface area contributed by atoms with E-state index in [4.69, 9.17) is 5.41 Å². The van der Waals surface area contributed by atoms with Gasteiger partial charge in [-0.2, -0.15) is 0 Å². The third kappa shape index (κ3) is 2.97. The van der Waals surface area contributed by atoms with Gasteiger partial charge in [0.25, 0.3) is 0 Å². The number of hydrogen-bond donors (Lipinski definition) is 2. The molecule has 16 heavy (non-hydrogen) atoms. The van der Waals surface area contributed by atoms with Crippen molar-refractivity contribution in [3.05, 3.63) is 30.1 Å². The van der Waals surface area contributed by atoms with E-state index in [2.05, 4.69) is 15.3 Å². The first kappa shape index (κ1) is 11.0. The summed E-state index contributed by atoms with van der Waals surface area (Å²) in [4.78, 5) is 8.27. The van der Waals surface area contributed by atoms with Gasteiger partial charge in [0.05, 0.1) is 12.3 Å². The van der Waals surface area contributed by atoms with Gasteiger partial charge in [0.1, 0.15) is 0 Å². The van der Waals surface area contributed by atoms with Crippen LogP contribution in [0.5, 0.6) is 0 Å². The van der Waals surface area contributed by atoms with Crippen LogP contribution in [0.2, 0.25) is 0 Å². The van der Waals surface area contributed by atoms with Gasteiger partial charge < -0.3 is 5.32 Å². The molecule has 1 unspecified atom stereocenters. The van der Waals surface area contributed by atoms with Gasteiger partial charge in [-0.05, 0) is 31.5 Å². The molecule has 1 fully saturated rings. The van der Waals surface area contributed by atoms with Crippen molar-refractivity contribution in [2.45, 2.75) is 18.9 Å². The summed E-state index contributed by atoms with van der Waals surface area (Å²) in [6.07, 6.45) is 7.44. The molecule has 0 spiro atoms. The monoisotopic (exact) mass is 216 g/mol. The molecule has 1 aliphatic heterocycles. The molecule has 2 heterocycles. The molecule has 4 heteroatoms. The molecule has 1 aliphatic rings. The van der Waals surface area contributed by atoms with Crippen LogP contribution in [0.25, 0.3) is 0 Å². The molecule has 0 radical (unpaired) electrons. The van der Waals surface area contributed by atoms with Crippen molar-refractivity contribution in [1.82, 2.24) is 10.3 Å². The number of pyridine rings is 1. The Morgan fingerprint density at radius 2 is 2.62 bits per heavy atom. The van der Waals surface area contributed by atoms with Crippen LogP contribution in [0.1, 0.15) is 18.4 Å². The Morgan fingerprint density at radius 1 is 1.69 bits per heavy atom. The van der Waals surface area contributed by atoms with Crippen LogP contribution in [0.15, 0.2) is 29.5 Å². The van der Waals surface area contributed by atoms with Crippen molar-refractivity contribution >= 4 is 11.9 Å². The van der Waals surface area contributed by atoms with Crippen molar-refractivity contribution < 1.29 is 0 Å². The average Bonchev–Trinajstić information content (AvgIpc) is 2.83. The molecular weight excluding hydrogens is 200 g/mol. The van der Waals surface area contributed by atoms with Crippen molar-refractivity contribution in [3.8, 4) is 0 Å². The first-order chi connectivity index (χ1) is 7.86. The highest BCUT2D eigenvalue weighted by molar-refractivity contribution is 6.36. The van der Waals surface area contributed by atoms with Crippen LogP contribution in [0, 0.1) is 5.41 Å². The molecular formula is C12H16N4. The minimum absolute atomic E-state index is 0.422. The second kappa shape index (κ2) is 5.51. The quantitative estimate of drug-likeness (QED) is 0.745. The maximum Gasteiger partial charge on any atom is 0.0805 e. The Labute approximate surface area is 95.3 Å². The fraction of sp³-hybridized carbons (Fsp3) is 0.417. The number of nitrogens with one attached hydrogen (secondary N) is 2. The number of hydrogen-bond acceptors (Lipinski definition) is 4. The SMILES string of the molecule is N=C(C=NCC1CCCN1)c1cccnc1. The number of nitrogens with zero attached hydrogens (tertiary/aromatic N) is 2. The number of aliphatic imine (C=N–C) groups is 1. The minimum Gasteiger partial charge on any atom is -0.312 e. The van der Waals surface area contributed by atoms with Crippen molar-refractivity contribution in [3.63, 3.8) is 0 Å². The summed E-state index contributed by atoms with van der Waals surface area (Å²) in [7, 11) is 0. The third-order valence-corrected chi connectivity index (χ3v) is 2.68. The highest BCUT2D eigenvalue weighted by Crippen LogP contribution is 2.04. The van der Waals surface area contributed by atoms with Crippen LogP contribution in [0.3, 0.4) is 0 Å². The summed E-state index contributed by atoms with van der Waals surface area (Å²) in [5, 5.41) is 11.2. The molecule has 1 saturated heterocycles. The van der Waals surface area contributed by atoms with E-state index in [1.54, 1.807) is 18.6 Å². The Hall–Kier alpha value is -1.55. The van der Waals surface area contributed by atoms with Crippen LogP contribution in [-0.2, 0) is 0 Å². The molecule has 0 saturated carbocycles. The van der Waals surface area contributed by atoms with Crippen molar-refractivity contribution in [2.75, 3.05) is 13.1 Å². The lowest BCUT2D eigenvalue weighted by Gasteiger charge is -2.04. The van der Waals surface area contributed by atoms with Crippen LogP contribution >= 0.6 is 0 Å². The van der Waals surface area contributed by atoms with E-state index in [-0.39, 0.29) is 0 Å². The first-order valence-electron chi connectivity index (χ1n) is 5.58. The van der Waals surface area contributed by atoms with Gasteiger partial charge in [-0.15, -0.1) is 0 Å². The molecule has 0 bridgehead atoms. The van der Waals surface area contributed by atoms with Crippen LogP contribution in [-0.4, -0.2) is 36.0 Å². The van der Waals surface area contributed by atoms with Gasteiger partial charge in [0, 0.05) is 30.2 Å². The molecule has 2 N–H and O–H groups in total. The lowest BCUT2D eigenvalue weighted by molar-refractivity contribution is 0.619. The standard InChI is InChI=1S/C12H16N4/c13-12(10-3-1-5-14-7-10)9-15-8-11-4-2-6-16-11/h1,3,5,7,9,11,13,16H,2,4,6,8H2. The highest BCUT2D eigenvalue weighted by atomic mass is 15.0. The number of rotatable bonds is 4. The predicted octanol–water partition coefficient (Wildman–Crippen LogP) is 1.27. The summed E-state index contributed by atoms with van der Waals surface area (Å²) in [6, 6.07) is 4.20. The van der Waals surface area contributed by atoms with Gasteiger partial charge in [0.2, 0.25) is 0 Å². The second-order valence-corrected chi connectivity index (χ2v) is 3.94. The smallest absolute Gasteiger partial charge is 0.0805 e. The zero-order valence-corrected chi connectivity index (χ0v) is 9.19. The summed E-state index contributed by atoms with van der Waals surface area (Å²) < 4.78 is 0. The minimum atomic E-state index is 0.422. The van der Waals surface area contributed by atoms with Gasteiger partial charge >= 0.3 is 0 Å². The summed E-state index contributed by atoms with van der Waals surface area (Å²) in [5.41, 5.74) is 1.23. The van der Waals surface area contributed by atoms with Crippen LogP contribution in [0.4, 0.5) is 0 Å². The third-order valence-electron chi connectivity index (χ3n) is 2.68. The van der Waals surface area contributed by atoms with E-state index in [9.17, 15) is 0 Å². The summed E-state index contributed by atoms with van der Waals surface area (Å²) in [6.45, 7) is 1.86. The van der Waals surface area contributed by atoms with Gasteiger partial charge in [-0.25, -0.2) is 0 Å². The Balaban J connectivity index is 1.85. The lowest BCUT2D eigenvalue weighted by atomic mass is 10.2. The largest absolute Gasteiger partial charge is 0.312 e. The molecule has 1 aromatic heterocycles. The summed E-state index contributed by atoms with van der Waals surface area (Å²) >= 11 is 0. The van der Waals surface area contributed by atoms with Crippen molar-refractivity contribution in [1.29, 1.82) is 5.41 Å². The van der Waals surface area contributed by atoms with Crippen molar-refractivity contribution in [2.24, 2.45) is 4.99 Å². The van der Waals surface area contributed by atoms with E-state index in [0.29, 0.717) is 11.8 Å². The molecule has 1 atom stereocenters. The maximum absolute atomic E-state index is 7.79. The average molecular weight is 216 g/mol. The highest BCUT2D eigenvalue weighted by Gasteiger charge is 2.12. The molecule has 0 aromatic carbocycles.